The first-order chi connectivity index (χ1) is 11.8. The summed E-state index contributed by atoms with van der Waals surface area (Å²) in [5.41, 5.74) is 0.732. The topological polar surface area (TPSA) is 90.6 Å². The number of hydrogen-bond acceptors (Lipinski definition) is 8. The monoisotopic (exact) mass is 327 g/mol. The fraction of sp³-hybridized carbons (Fsp3) is 0.400. The molecular formula is C15H17N7O2. The van der Waals surface area contributed by atoms with Crippen molar-refractivity contribution in [2.45, 2.75) is 18.9 Å². The van der Waals surface area contributed by atoms with E-state index >= 15 is 0 Å². The van der Waals surface area contributed by atoms with Crippen molar-refractivity contribution in [3.63, 3.8) is 0 Å². The van der Waals surface area contributed by atoms with E-state index in [4.69, 9.17) is 9.47 Å². The van der Waals surface area contributed by atoms with Crippen LogP contribution in [0.1, 0.15) is 12.8 Å². The summed E-state index contributed by atoms with van der Waals surface area (Å²) >= 11 is 0. The molecule has 0 saturated carbocycles. The van der Waals surface area contributed by atoms with Gasteiger partial charge in [-0.05, 0) is 25.0 Å². The van der Waals surface area contributed by atoms with Crippen LogP contribution in [0.15, 0.2) is 30.9 Å². The average molecular weight is 327 g/mol. The maximum atomic E-state index is 5.90. The van der Waals surface area contributed by atoms with E-state index in [9.17, 15) is 0 Å². The summed E-state index contributed by atoms with van der Waals surface area (Å²) in [6.45, 7) is 1.67. The van der Waals surface area contributed by atoms with Crippen LogP contribution < -0.4 is 14.4 Å². The molecule has 1 saturated heterocycles. The molecule has 24 heavy (non-hydrogen) atoms. The van der Waals surface area contributed by atoms with E-state index in [2.05, 4.69) is 30.2 Å². The standard InChI is InChI=1S/C15H17N7O2/c1-23-12-7-16-15(17-8-12)24-11-3-2-6-21(9-11)14-5-4-13-19-18-10-22(13)20-14/h4-5,7-8,10-11H,2-3,6,9H2,1H3. The Balaban J connectivity index is 1.46. The molecule has 3 aromatic rings. The van der Waals surface area contributed by atoms with Gasteiger partial charge in [-0.2, -0.15) is 14.5 Å². The quantitative estimate of drug-likeness (QED) is 0.700. The summed E-state index contributed by atoms with van der Waals surface area (Å²) in [6.07, 6.45) is 6.80. The molecule has 0 radical (unpaired) electrons. The molecule has 124 valence electrons. The van der Waals surface area contributed by atoms with Crippen LogP contribution >= 0.6 is 0 Å². The zero-order valence-corrected chi connectivity index (χ0v) is 13.2. The van der Waals surface area contributed by atoms with Gasteiger partial charge in [-0.25, -0.2) is 0 Å². The lowest BCUT2D eigenvalue weighted by Gasteiger charge is -2.32. The van der Waals surface area contributed by atoms with Gasteiger partial charge >= 0.3 is 6.01 Å². The summed E-state index contributed by atoms with van der Waals surface area (Å²) in [5, 5.41) is 12.4. The molecule has 0 amide bonds. The van der Waals surface area contributed by atoms with Gasteiger partial charge in [0.25, 0.3) is 0 Å². The normalized spacial score (nSPS) is 17.9. The van der Waals surface area contributed by atoms with Crippen LogP contribution in [0.5, 0.6) is 11.8 Å². The van der Waals surface area contributed by atoms with E-state index < -0.39 is 0 Å². The van der Waals surface area contributed by atoms with Crippen molar-refractivity contribution in [3.05, 3.63) is 30.9 Å². The number of nitrogens with zero attached hydrogens (tertiary/aromatic N) is 7. The van der Waals surface area contributed by atoms with Gasteiger partial charge in [-0.15, -0.1) is 15.3 Å². The fourth-order valence-electron chi connectivity index (χ4n) is 2.75. The van der Waals surface area contributed by atoms with Gasteiger partial charge in [0.15, 0.2) is 11.4 Å². The molecule has 3 aromatic heterocycles. The molecule has 0 aromatic carbocycles. The predicted molar refractivity (Wildman–Crippen MR) is 85.2 cm³/mol. The Labute approximate surface area is 138 Å². The predicted octanol–water partition coefficient (Wildman–Crippen LogP) is 0.971. The van der Waals surface area contributed by atoms with Crippen LogP contribution in [0.3, 0.4) is 0 Å². The van der Waals surface area contributed by atoms with Gasteiger partial charge < -0.3 is 14.4 Å². The Morgan fingerprint density at radius 3 is 2.92 bits per heavy atom. The molecule has 9 nitrogen and oxygen atoms in total. The molecule has 0 spiro atoms. The Kier molecular flexibility index (Phi) is 3.81. The second-order valence-electron chi connectivity index (χ2n) is 5.56. The first kappa shape index (κ1) is 14.6. The number of piperidine rings is 1. The highest BCUT2D eigenvalue weighted by Gasteiger charge is 2.23. The van der Waals surface area contributed by atoms with E-state index in [1.54, 1.807) is 30.3 Å². The molecule has 1 fully saturated rings. The minimum absolute atomic E-state index is 0.0190. The van der Waals surface area contributed by atoms with Gasteiger partial charge in [0.05, 0.1) is 26.0 Å². The zero-order chi connectivity index (χ0) is 16.4. The van der Waals surface area contributed by atoms with Crippen LogP contribution in [0.25, 0.3) is 5.65 Å². The highest BCUT2D eigenvalue weighted by Crippen LogP contribution is 2.21. The number of methoxy groups -OCH3 is 1. The van der Waals surface area contributed by atoms with E-state index in [-0.39, 0.29) is 6.10 Å². The van der Waals surface area contributed by atoms with Crippen molar-refractivity contribution in [1.29, 1.82) is 0 Å². The van der Waals surface area contributed by atoms with Crippen molar-refractivity contribution in [3.8, 4) is 11.8 Å². The molecule has 0 aliphatic carbocycles. The molecule has 1 aliphatic heterocycles. The Bertz CT molecular complexity index is 820. The van der Waals surface area contributed by atoms with Crippen molar-refractivity contribution < 1.29 is 9.47 Å². The molecule has 0 bridgehead atoms. The number of fused-ring (bicyclic) bond motifs is 1. The van der Waals surface area contributed by atoms with Crippen molar-refractivity contribution in [1.82, 2.24) is 29.8 Å². The second-order valence-corrected chi connectivity index (χ2v) is 5.56. The third-order valence-corrected chi connectivity index (χ3v) is 3.96. The minimum Gasteiger partial charge on any atom is -0.494 e. The number of rotatable bonds is 4. The lowest BCUT2D eigenvalue weighted by Crippen LogP contribution is -2.42. The number of aromatic nitrogens is 6. The third-order valence-electron chi connectivity index (χ3n) is 3.96. The van der Waals surface area contributed by atoms with Gasteiger partial charge in [-0.3, -0.25) is 0 Å². The van der Waals surface area contributed by atoms with E-state index in [0.29, 0.717) is 11.8 Å². The van der Waals surface area contributed by atoms with Gasteiger partial charge in [-0.1, -0.05) is 0 Å². The smallest absolute Gasteiger partial charge is 0.316 e. The molecule has 1 unspecified atom stereocenters. The summed E-state index contributed by atoms with van der Waals surface area (Å²) < 4.78 is 12.6. The lowest BCUT2D eigenvalue weighted by molar-refractivity contribution is 0.163. The first-order valence-electron chi connectivity index (χ1n) is 7.76. The van der Waals surface area contributed by atoms with E-state index in [0.717, 1.165) is 37.4 Å². The lowest BCUT2D eigenvalue weighted by atomic mass is 10.1. The Morgan fingerprint density at radius 2 is 2.08 bits per heavy atom. The fourth-order valence-corrected chi connectivity index (χ4v) is 2.75. The van der Waals surface area contributed by atoms with Crippen molar-refractivity contribution >= 4 is 11.5 Å². The Morgan fingerprint density at radius 1 is 1.21 bits per heavy atom. The molecular weight excluding hydrogens is 310 g/mol. The highest BCUT2D eigenvalue weighted by molar-refractivity contribution is 5.45. The molecule has 4 rings (SSSR count). The molecule has 1 atom stereocenters. The summed E-state index contributed by atoms with van der Waals surface area (Å²) in [4.78, 5) is 10.5. The maximum absolute atomic E-state index is 5.90. The summed E-state index contributed by atoms with van der Waals surface area (Å²) in [5.74, 6) is 1.49. The van der Waals surface area contributed by atoms with Gasteiger partial charge in [0.2, 0.25) is 0 Å². The van der Waals surface area contributed by atoms with Gasteiger partial charge in [0, 0.05) is 6.54 Å². The SMILES string of the molecule is COc1cnc(OC2CCCN(c3ccc4nncn4n3)C2)nc1. The van der Waals surface area contributed by atoms with Crippen molar-refractivity contribution in [2.24, 2.45) is 0 Å². The van der Waals surface area contributed by atoms with Crippen LogP contribution in [0.4, 0.5) is 5.82 Å². The van der Waals surface area contributed by atoms with Gasteiger partial charge in [0.1, 0.15) is 18.2 Å². The third kappa shape index (κ3) is 2.92. The highest BCUT2D eigenvalue weighted by atomic mass is 16.5. The summed E-state index contributed by atoms with van der Waals surface area (Å²) in [6, 6.07) is 4.23. The largest absolute Gasteiger partial charge is 0.494 e. The molecule has 4 heterocycles. The number of ether oxygens (including phenoxy) is 2. The first-order valence-corrected chi connectivity index (χ1v) is 7.76. The second kappa shape index (κ2) is 6.26. The zero-order valence-electron chi connectivity index (χ0n) is 13.2. The molecule has 0 N–H and O–H groups in total. The average Bonchev–Trinajstić information content (AvgIpc) is 3.10. The summed E-state index contributed by atoms with van der Waals surface area (Å²) in [7, 11) is 1.58. The minimum atomic E-state index is 0.0190. The maximum Gasteiger partial charge on any atom is 0.316 e. The van der Waals surface area contributed by atoms with Crippen LogP contribution in [0.2, 0.25) is 0 Å². The van der Waals surface area contributed by atoms with E-state index in [1.165, 1.54) is 0 Å². The Hall–Kier alpha value is -2.97. The number of anilines is 1. The molecule has 1 aliphatic rings. The van der Waals surface area contributed by atoms with Crippen LogP contribution in [-0.4, -0.2) is 56.1 Å². The van der Waals surface area contributed by atoms with Crippen LogP contribution in [0, 0.1) is 0 Å². The van der Waals surface area contributed by atoms with Crippen LogP contribution in [-0.2, 0) is 0 Å². The van der Waals surface area contributed by atoms with Crippen molar-refractivity contribution in [2.75, 3.05) is 25.1 Å². The number of hydrogen-bond donors (Lipinski definition) is 0. The molecule has 9 heteroatoms. The van der Waals surface area contributed by atoms with E-state index in [1.807, 2.05) is 12.1 Å².